The molecule has 0 fully saturated rings. The lowest BCUT2D eigenvalue weighted by atomic mass is 9.92. The minimum atomic E-state index is -0.639. The van der Waals surface area contributed by atoms with E-state index in [0.29, 0.717) is 16.4 Å². The van der Waals surface area contributed by atoms with Crippen LogP contribution in [0, 0.1) is 0 Å². The maximum atomic E-state index is 9.74. The van der Waals surface area contributed by atoms with Crippen LogP contribution >= 0.6 is 11.6 Å². The van der Waals surface area contributed by atoms with Gasteiger partial charge in [0.15, 0.2) is 0 Å². The lowest BCUT2D eigenvalue weighted by Gasteiger charge is -2.31. The Morgan fingerprint density at radius 1 is 1.16 bits per heavy atom. The number of hydrogen-bond acceptors (Lipinski definition) is 3. The first kappa shape index (κ1) is 13.7. The van der Waals surface area contributed by atoms with Gasteiger partial charge >= 0.3 is 0 Å². The highest BCUT2D eigenvalue weighted by atomic mass is 35.5. The number of nitrogens with one attached hydrogen (secondary N) is 1. The number of aliphatic hydroxyl groups is 1. The predicted octanol–water partition coefficient (Wildman–Crippen LogP) is 3.24. The molecule has 4 N–H and O–H groups in total. The van der Waals surface area contributed by atoms with Gasteiger partial charge in [-0.25, -0.2) is 0 Å². The van der Waals surface area contributed by atoms with Crippen LogP contribution in [0.4, 0.5) is 11.4 Å². The molecule has 1 atom stereocenters. The molecule has 0 saturated heterocycles. The first-order valence-corrected chi connectivity index (χ1v) is 6.43. The van der Waals surface area contributed by atoms with Gasteiger partial charge < -0.3 is 16.2 Å². The number of hydrogen-bond donors (Lipinski definition) is 3. The Balaban J connectivity index is 2.39. The Bertz CT molecular complexity index is 539. The number of rotatable bonds is 4. The summed E-state index contributed by atoms with van der Waals surface area (Å²) in [7, 11) is 0. The number of benzene rings is 2. The van der Waals surface area contributed by atoms with Crippen molar-refractivity contribution >= 4 is 23.0 Å². The molecule has 3 nitrogen and oxygen atoms in total. The summed E-state index contributed by atoms with van der Waals surface area (Å²) < 4.78 is 0. The van der Waals surface area contributed by atoms with Crippen LogP contribution in [0.25, 0.3) is 0 Å². The summed E-state index contributed by atoms with van der Waals surface area (Å²) in [6.07, 6.45) is 0. The van der Waals surface area contributed by atoms with E-state index in [2.05, 4.69) is 5.32 Å². The number of halogens is 1. The monoisotopic (exact) mass is 276 g/mol. The molecule has 1 unspecified atom stereocenters. The van der Waals surface area contributed by atoms with E-state index in [1.54, 1.807) is 18.2 Å². The Morgan fingerprint density at radius 3 is 2.42 bits per heavy atom. The average molecular weight is 277 g/mol. The zero-order chi connectivity index (χ0) is 13.9. The smallest absolute Gasteiger partial charge is 0.0829 e. The number of nitrogens with two attached hydrogens (primary N) is 1. The quantitative estimate of drug-likeness (QED) is 0.752. The molecule has 0 aliphatic carbocycles. The second-order valence-corrected chi connectivity index (χ2v) is 5.09. The molecule has 0 aliphatic heterocycles. The Hall–Kier alpha value is -1.71. The van der Waals surface area contributed by atoms with Crippen LogP contribution in [-0.2, 0) is 5.54 Å². The van der Waals surface area contributed by atoms with E-state index in [1.807, 2.05) is 37.3 Å². The summed E-state index contributed by atoms with van der Waals surface area (Å²) in [5.74, 6) is 0. The number of nitrogen functional groups attached to an aromatic ring is 1. The summed E-state index contributed by atoms with van der Waals surface area (Å²) >= 11 is 6.16. The maximum Gasteiger partial charge on any atom is 0.0829 e. The van der Waals surface area contributed by atoms with Crippen molar-refractivity contribution < 1.29 is 5.11 Å². The van der Waals surface area contributed by atoms with Gasteiger partial charge in [-0.3, -0.25) is 0 Å². The van der Waals surface area contributed by atoms with Crippen molar-refractivity contribution in [3.8, 4) is 0 Å². The normalized spacial score (nSPS) is 13.8. The molecule has 0 aromatic heterocycles. The van der Waals surface area contributed by atoms with Crippen molar-refractivity contribution in [2.75, 3.05) is 17.7 Å². The van der Waals surface area contributed by atoms with Crippen LogP contribution < -0.4 is 11.1 Å². The topological polar surface area (TPSA) is 58.3 Å². The molecule has 0 spiro atoms. The third-order valence-corrected chi connectivity index (χ3v) is 3.49. The summed E-state index contributed by atoms with van der Waals surface area (Å²) in [5.41, 5.74) is 7.47. The van der Waals surface area contributed by atoms with Gasteiger partial charge in [-0.2, -0.15) is 0 Å². The lowest BCUT2D eigenvalue weighted by Crippen LogP contribution is -2.36. The summed E-state index contributed by atoms with van der Waals surface area (Å²) in [6, 6.07) is 15.0. The van der Waals surface area contributed by atoms with Crippen LogP contribution in [0.3, 0.4) is 0 Å². The summed E-state index contributed by atoms with van der Waals surface area (Å²) in [4.78, 5) is 0. The second kappa shape index (κ2) is 5.51. The zero-order valence-electron chi connectivity index (χ0n) is 10.7. The van der Waals surface area contributed by atoms with E-state index in [0.717, 1.165) is 5.56 Å². The molecular formula is C15H17ClN2O. The highest BCUT2D eigenvalue weighted by molar-refractivity contribution is 6.33. The average Bonchev–Trinajstić information content (AvgIpc) is 2.44. The standard InChI is InChI=1S/C15H17ClN2O/c1-15(10-19,11-6-3-2-4-7-11)18-14-12(16)8-5-9-13(14)17/h2-9,18-19H,10,17H2,1H3. The second-order valence-electron chi connectivity index (χ2n) is 4.69. The van der Waals surface area contributed by atoms with Crippen molar-refractivity contribution in [3.05, 3.63) is 59.1 Å². The Labute approximate surface area is 118 Å². The third-order valence-electron chi connectivity index (χ3n) is 3.17. The van der Waals surface area contributed by atoms with Gasteiger partial charge in [0.1, 0.15) is 0 Å². The molecule has 2 aromatic carbocycles. The van der Waals surface area contributed by atoms with Gasteiger partial charge in [0.05, 0.1) is 28.5 Å². The van der Waals surface area contributed by atoms with E-state index < -0.39 is 5.54 Å². The van der Waals surface area contributed by atoms with Gasteiger partial charge in [0.25, 0.3) is 0 Å². The third kappa shape index (κ3) is 2.83. The predicted molar refractivity (Wildman–Crippen MR) is 80.4 cm³/mol. The van der Waals surface area contributed by atoms with Crippen LogP contribution in [0.2, 0.25) is 5.02 Å². The molecule has 0 heterocycles. The first-order chi connectivity index (χ1) is 9.07. The molecule has 19 heavy (non-hydrogen) atoms. The van der Waals surface area contributed by atoms with E-state index in [4.69, 9.17) is 17.3 Å². The minimum absolute atomic E-state index is 0.0678. The van der Waals surface area contributed by atoms with E-state index in [1.165, 1.54) is 0 Å². The van der Waals surface area contributed by atoms with Gasteiger partial charge in [-0.1, -0.05) is 48.0 Å². The van der Waals surface area contributed by atoms with Gasteiger partial charge in [-0.05, 0) is 24.6 Å². The van der Waals surface area contributed by atoms with Crippen molar-refractivity contribution in [2.24, 2.45) is 0 Å². The van der Waals surface area contributed by atoms with Crippen molar-refractivity contribution in [3.63, 3.8) is 0 Å². The molecule has 0 bridgehead atoms. The van der Waals surface area contributed by atoms with Crippen molar-refractivity contribution in [1.82, 2.24) is 0 Å². The molecule has 0 saturated carbocycles. The van der Waals surface area contributed by atoms with E-state index in [9.17, 15) is 5.11 Å². The summed E-state index contributed by atoms with van der Waals surface area (Å²) in [5, 5.41) is 13.5. The van der Waals surface area contributed by atoms with Crippen LogP contribution in [0.15, 0.2) is 48.5 Å². The SMILES string of the molecule is CC(CO)(Nc1c(N)cccc1Cl)c1ccccc1. The van der Waals surface area contributed by atoms with Crippen LogP contribution in [-0.4, -0.2) is 11.7 Å². The minimum Gasteiger partial charge on any atom is -0.397 e. The Morgan fingerprint density at radius 2 is 1.84 bits per heavy atom. The number of para-hydroxylation sites is 1. The molecule has 4 heteroatoms. The van der Waals surface area contributed by atoms with Gasteiger partial charge in [-0.15, -0.1) is 0 Å². The molecule has 0 aliphatic rings. The fraction of sp³-hybridized carbons (Fsp3) is 0.200. The lowest BCUT2D eigenvalue weighted by molar-refractivity contribution is 0.224. The van der Waals surface area contributed by atoms with Crippen molar-refractivity contribution in [1.29, 1.82) is 0 Å². The molecule has 100 valence electrons. The fourth-order valence-electron chi connectivity index (χ4n) is 1.96. The molecule has 0 radical (unpaired) electrons. The van der Waals surface area contributed by atoms with E-state index in [-0.39, 0.29) is 6.61 Å². The van der Waals surface area contributed by atoms with Crippen molar-refractivity contribution in [2.45, 2.75) is 12.5 Å². The molecule has 2 aromatic rings. The maximum absolute atomic E-state index is 9.74. The fourth-order valence-corrected chi connectivity index (χ4v) is 2.19. The summed E-state index contributed by atoms with van der Waals surface area (Å²) in [6.45, 7) is 1.84. The highest BCUT2D eigenvalue weighted by Gasteiger charge is 2.26. The number of aliphatic hydroxyl groups excluding tert-OH is 1. The largest absolute Gasteiger partial charge is 0.397 e. The van der Waals surface area contributed by atoms with Crippen LogP contribution in [0.1, 0.15) is 12.5 Å². The molecule has 2 rings (SSSR count). The first-order valence-electron chi connectivity index (χ1n) is 6.05. The zero-order valence-corrected chi connectivity index (χ0v) is 11.5. The van der Waals surface area contributed by atoms with Gasteiger partial charge in [0.2, 0.25) is 0 Å². The van der Waals surface area contributed by atoms with E-state index >= 15 is 0 Å². The Kier molecular flexibility index (Phi) is 3.98. The number of anilines is 2. The molecular weight excluding hydrogens is 260 g/mol. The highest BCUT2D eigenvalue weighted by Crippen LogP contribution is 2.34. The van der Waals surface area contributed by atoms with Gasteiger partial charge in [0, 0.05) is 0 Å². The molecule has 0 amide bonds. The van der Waals surface area contributed by atoms with Crippen LogP contribution in [0.5, 0.6) is 0 Å².